The fourth-order valence-corrected chi connectivity index (χ4v) is 0.918. The molecule has 1 rings (SSSR count). The molecule has 0 atom stereocenters. The summed E-state index contributed by atoms with van der Waals surface area (Å²) in [6, 6.07) is 0. The lowest BCUT2D eigenvalue weighted by Gasteiger charge is -1.99. The van der Waals surface area contributed by atoms with Crippen LogP contribution in [0, 0.1) is 0 Å². The van der Waals surface area contributed by atoms with Gasteiger partial charge >= 0.3 is 0 Å². The minimum atomic E-state index is 1.28. The predicted molar refractivity (Wildman–Crippen MR) is 47.9 cm³/mol. The van der Waals surface area contributed by atoms with Crippen molar-refractivity contribution in [2.45, 2.75) is 6.92 Å². The van der Waals surface area contributed by atoms with Crippen molar-refractivity contribution in [3.8, 4) is 0 Å². The fraction of sp³-hybridized carbons (Fsp3) is 0.143. The average Bonchev–Trinajstić information content (AvgIpc) is 1.97. The Bertz CT molecular complexity index is 179. The Morgan fingerprint density at radius 3 is 3.00 bits per heavy atom. The largest absolute Gasteiger partial charge is 0.297 e. The van der Waals surface area contributed by atoms with E-state index < -0.39 is 0 Å². The molecule has 9 heavy (non-hydrogen) atoms. The van der Waals surface area contributed by atoms with Crippen LogP contribution < -0.4 is 0 Å². The van der Waals surface area contributed by atoms with Crippen molar-refractivity contribution in [1.82, 2.24) is 3.11 Å². The van der Waals surface area contributed by atoms with Crippen LogP contribution in [0.5, 0.6) is 0 Å². The van der Waals surface area contributed by atoms with Gasteiger partial charge in [0.2, 0.25) is 0 Å². The third-order valence-electron chi connectivity index (χ3n) is 1.07. The quantitative estimate of drug-likeness (QED) is 0.459. The highest BCUT2D eigenvalue weighted by Crippen LogP contribution is 2.07. The Balaban J connectivity index is 2.75. The van der Waals surface area contributed by atoms with Crippen LogP contribution in [0.3, 0.4) is 0 Å². The summed E-state index contributed by atoms with van der Waals surface area (Å²) >= 11 is 2.22. The van der Waals surface area contributed by atoms with E-state index >= 15 is 0 Å². The van der Waals surface area contributed by atoms with Crippen molar-refractivity contribution in [2.24, 2.45) is 0 Å². The van der Waals surface area contributed by atoms with Crippen molar-refractivity contribution < 1.29 is 0 Å². The van der Waals surface area contributed by atoms with Crippen molar-refractivity contribution >= 4 is 22.9 Å². The van der Waals surface area contributed by atoms with E-state index in [4.69, 9.17) is 0 Å². The molecule has 1 nitrogen and oxygen atoms in total. The lowest BCUT2D eigenvalue weighted by Crippen LogP contribution is -1.86. The van der Waals surface area contributed by atoms with E-state index in [-0.39, 0.29) is 0 Å². The topological polar surface area (TPSA) is 3.24 Å². The highest BCUT2D eigenvalue weighted by atomic mass is 127. The molecular formula is C7H8IN. The van der Waals surface area contributed by atoms with Crippen LogP contribution in [0.15, 0.2) is 36.2 Å². The van der Waals surface area contributed by atoms with Gasteiger partial charge in [-0.25, -0.2) is 0 Å². The highest BCUT2D eigenvalue weighted by Gasteiger charge is 1.87. The van der Waals surface area contributed by atoms with Gasteiger partial charge in [-0.1, -0.05) is 6.08 Å². The minimum Gasteiger partial charge on any atom is -0.297 e. The van der Waals surface area contributed by atoms with Crippen LogP contribution in [0.25, 0.3) is 0 Å². The molecule has 0 N–H and O–H groups in total. The molecule has 0 aromatic heterocycles. The van der Waals surface area contributed by atoms with Gasteiger partial charge in [0.05, 0.1) is 22.9 Å². The van der Waals surface area contributed by atoms with Crippen LogP contribution in [0.2, 0.25) is 0 Å². The van der Waals surface area contributed by atoms with E-state index in [1.54, 1.807) is 0 Å². The molecule has 48 valence electrons. The summed E-state index contributed by atoms with van der Waals surface area (Å²) < 4.78 is 1.99. The smallest absolute Gasteiger partial charge is 0.0634 e. The molecule has 0 radical (unpaired) electrons. The van der Waals surface area contributed by atoms with Gasteiger partial charge in [0.25, 0.3) is 0 Å². The molecule has 0 aromatic rings. The van der Waals surface area contributed by atoms with E-state index in [1.807, 2.05) is 21.6 Å². The molecule has 0 spiro atoms. The fourth-order valence-electron chi connectivity index (χ4n) is 0.571. The van der Waals surface area contributed by atoms with E-state index in [0.717, 1.165) is 0 Å². The molecule has 1 heterocycles. The second-order valence-electron chi connectivity index (χ2n) is 1.91. The monoisotopic (exact) mass is 233 g/mol. The summed E-state index contributed by atoms with van der Waals surface area (Å²) in [5.41, 5.74) is 1.28. The molecule has 0 aromatic carbocycles. The van der Waals surface area contributed by atoms with Crippen LogP contribution in [0.1, 0.15) is 6.92 Å². The molecule has 0 bridgehead atoms. The number of halogens is 1. The second kappa shape index (κ2) is 3.06. The molecule has 1 aliphatic heterocycles. The maximum absolute atomic E-state index is 2.22. The minimum absolute atomic E-state index is 1.28. The average molecular weight is 233 g/mol. The van der Waals surface area contributed by atoms with Gasteiger partial charge in [-0.2, -0.15) is 0 Å². The van der Waals surface area contributed by atoms with Crippen molar-refractivity contribution in [1.29, 1.82) is 0 Å². The SMILES string of the molecule is CC1=CC=CN(I)C=C1. The summed E-state index contributed by atoms with van der Waals surface area (Å²) in [4.78, 5) is 0. The molecule has 0 aliphatic carbocycles. The zero-order valence-electron chi connectivity index (χ0n) is 5.21. The summed E-state index contributed by atoms with van der Waals surface area (Å²) in [6.07, 6.45) is 10.2. The van der Waals surface area contributed by atoms with Gasteiger partial charge in [0, 0.05) is 12.4 Å². The summed E-state index contributed by atoms with van der Waals surface area (Å²) in [5, 5.41) is 0. The maximum atomic E-state index is 2.22. The van der Waals surface area contributed by atoms with E-state index in [2.05, 4.69) is 41.9 Å². The standard InChI is InChI=1S/C7H8IN/c1-7-3-2-5-9(8)6-4-7/h2-6H,1H3. The van der Waals surface area contributed by atoms with Crippen LogP contribution >= 0.6 is 22.9 Å². The first-order valence-corrected chi connectivity index (χ1v) is 3.73. The highest BCUT2D eigenvalue weighted by molar-refractivity contribution is 14.1. The molecule has 0 saturated carbocycles. The second-order valence-corrected chi connectivity index (χ2v) is 3.03. The zero-order chi connectivity index (χ0) is 6.69. The van der Waals surface area contributed by atoms with Gasteiger partial charge in [0.15, 0.2) is 0 Å². The van der Waals surface area contributed by atoms with Gasteiger partial charge < -0.3 is 0 Å². The molecule has 0 amide bonds. The van der Waals surface area contributed by atoms with Gasteiger partial charge in [0.1, 0.15) is 0 Å². The number of rotatable bonds is 0. The van der Waals surface area contributed by atoms with Crippen molar-refractivity contribution in [3.63, 3.8) is 0 Å². The van der Waals surface area contributed by atoms with E-state index in [1.165, 1.54) is 5.57 Å². The van der Waals surface area contributed by atoms with Gasteiger partial charge in [-0.15, -0.1) is 0 Å². The molecule has 0 fully saturated rings. The molecular weight excluding hydrogens is 225 g/mol. The number of allylic oxidation sites excluding steroid dienone is 4. The van der Waals surface area contributed by atoms with Crippen molar-refractivity contribution in [3.05, 3.63) is 36.2 Å². The summed E-state index contributed by atoms with van der Waals surface area (Å²) in [7, 11) is 0. The third kappa shape index (κ3) is 2.22. The first-order chi connectivity index (χ1) is 4.29. The summed E-state index contributed by atoms with van der Waals surface area (Å²) in [6.45, 7) is 2.08. The lowest BCUT2D eigenvalue weighted by molar-refractivity contribution is 0.920. The van der Waals surface area contributed by atoms with Crippen LogP contribution in [0.4, 0.5) is 0 Å². The maximum Gasteiger partial charge on any atom is 0.0634 e. The summed E-state index contributed by atoms with van der Waals surface area (Å²) in [5.74, 6) is 0. The van der Waals surface area contributed by atoms with Crippen LogP contribution in [-0.4, -0.2) is 3.11 Å². The molecule has 0 unspecified atom stereocenters. The Labute approximate surface area is 69.2 Å². The van der Waals surface area contributed by atoms with E-state index in [9.17, 15) is 0 Å². The Hall–Kier alpha value is -0.250. The number of hydrogen-bond acceptors (Lipinski definition) is 1. The molecule has 2 heteroatoms. The lowest BCUT2D eigenvalue weighted by atomic mass is 10.3. The number of nitrogens with zero attached hydrogens (tertiary/aromatic N) is 1. The third-order valence-corrected chi connectivity index (χ3v) is 1.71. The first kappa shape index (κ1) is 6.86. The molecule has 1 aliphatic rings. The van der Waals surface area contributed by atoms with E-state index in [0.29, 0.717) is 0 Å². The Morgan fingerprint density at radius 2 is 2.22 bits per heavy atom. The van der Waals surface area contributed by atoms with Gasteiger partial charge in [-0.3, -0.25) is 3.11 Å². The molecule has 0 saturated heterocycles. The zero-order valence-corrected chi connectivity index (χ0v) is 7.37. The van der Waals surface area contributed by atoms with Crippen LogP contribution in [-0.2, 0) is 0 Å². The Morgan fingerprint density at radius 1 is 1.44 bits per heavy atom. The predicted octanol–water partition coefficient (Wildman–Crippen LogP) is 2.63. The first-order valence-electron chi connectivity index (χ1n) is 2.76. The van der Waals surface area contributed by atoms with Gasteiger partial charge in [-0.05, 0) is 24.6 Å². The number of hydrogen-bond donors (Lipinski definition) is 0. The van der Waals surface area contributed by atoms with Crippen molar-refractivity contribution in [2.75, 3.05) is 0 Å². The normalized spacial score (nSPS) is 17.6. The Kier molecular flexibility index (Phi) is 2.33.